The number of carbonyl (C=O) groups excluding carboxylic acids is 2. The topological polar surface area (TPSA) is 86.1 Å². The maximum absolute atomic E-state index is 12.9. The Morgan fingerprint density at radius 1 is 1.34 bits per heavy atom. The molecule has 1 atom stereocenters. The molecule has 0 radical (unpaired) electrons. The average molecular weight is 426 g/mol. The standard InChI is InChI=1S/C18H17F3N4O3S/c1-2-7-28-17(27)13(9-25-6-5-22-10-25)23-15(26)16-24-12-4-3-11(18(19,20)21)8-14(12)29-16/h3-6,8,10,13H,2,7,9H2,1H3,(H,23,26). The quantitative estimate of drug-likeness (QED) is 0.586. The number of imidazole rings is 1. The average Bonchev–Trinajstić information content (AvgIpc) is 3.33. The molecule has 1 aromatic carbocycles. The number of amides is 1. The van der Waals surface area contributed by atoms with Gasteiger partial charge in [0.05, 0.1) is 35.3 Å². The van der Waals surface area contributed by atoms with Gasteiger partial charge in [-0.05, 0) is 24.6 Å². The monoisotopic (exact) mass is 426 g/mol. The van der Waals surface area contributed by atoms with Gasteiger partial charge in [-0.1, -0.05) is 6.92 Å². The lowest BCUT2D eigenvalue weighted by Crippen LogP contribution is -2.44. The van der Waals surface area contributed by atoms with E-state index in [1.54, 1.807) is 10.8 Å². The number of aromatic nitrogens is 3. The highest BCUT2D eigenvalue weighted by Crippen LogP contribution is 2.33. The van der Waals surface area contributed by atoms with Gasteiger partial charge in [-0.25, -0.2) is 14.8 Å². The van der Waals surface area contributed by atoms with Crippen molar-refractivity contribution in [3.8, 4) is 0 Å². The molecule has 1 N–H and O–H groups in total. The van der Waals surface area contributed by atoms with E-state index in [0.29, 0.717) is 6.42 Å². The van der Waals surface area contributed by atoms with Gasteiger partial charge in [0.15, 0.2) is 5.01 Å². The predicted octanol–water partition coefficient (Wildman–Crippen LogP) is 3.26. The van der Waals surface area contributed by atoms with Crippen LogP contribution in [-0.4, -0.2) is 39.1 Å². The number of hydrogen-bond donors (Lipinski definition) is 1. The molecule has 2 heterocycles. The van der Waals surface area contributed by atoms with Crippen molar-refractivity contribution in [1.82, 2.24) is 19.9 Å². The van der Waals surface area contributed by atoms with Crippen molar-refractivity contribution in [3.05, 3.63) is 47.5 Å². The first kappa shape index (κ1) is 20.8. The number of halogens is 3. The summed E-state index contributed by atoms with van der Waals surface area (Å²) in [6.45, 7) is 2.14. The molecule has 29 heavy (non-hydrogen) atoms. The third kappa shape index (κ3) is 5.11. The molecule has 3 rings (SSSR count). The first-order chi connectivity index (χ1) is 13.8. The van der Waals surface area contributed by atoms with Gasteiger partial charge in [-0.3, -0.25) is 4.79 Å². The first-order valence-electron chi connectivity index (χ1n) is 8.69. The fourth-order valence-corrected chi connectivity index (χ4v) is 3.41. The number of fused-ring (bicyclic) bond motifs is 1. The molecular formula is C18H17F3N4O3S. The fraction of sp³-hybridized carbons (Fsp3) is 0.333. The van der Waals surface area contributed by atoms with Crippen LogP contribution >= 0.6 is 11.3 Å². The number of ether oxygens (including phenoxy) is 1. The number of rotatable bonds is 7. The van der Waals surface area contributed by atoms with Crippen molar-refractivity contribution in [2.24, 2.45) is 0 Å². The van der Waals surface area contributed by atoms with Crippen LogP contribution in [0.3, 0.4) is 0 Å². The summed E-state index contributed by atoms with van der Waals surface area (Å²) in [4.78, 5) is 32.9. The van der Waals surface area contributed by atoms with Gasteiger partial charge in [-0.15, -0.1) is 11.3 Å². The summed E-state index contributed by atoms with van der Waals surface area (Å²) in [7, 11) is 0. The summed E-state index contributed by atoms with van der Waals surface area (Å²) in [5.41, 5.74) is -0.547. The number of nitrogens with one attached hydrogen (secondary N) is 1. The number of hydrogen-bond acceptors (Lipinski definition) is 6. The molecule has 1 unspecified atom stereocenters. The third-order valence-electron chi connectivity index (χ3n) is 3.90. The van der Waals surface area contributed by atoms with E-state index in [0.717, 1.165) is 23.5 Å². The molecule has 0 saturated carbocycles. The van der Waals surface area contributed by atoms with Crippen molar-refractivity contribution < 1.29 is 27.5 Å². The minimum Gasteiger partial charge on any atom is -0.464 e. The summed E-state index contributed by atoms with van der Waals surface area (Å²) in [6, 6.07) is 2.07. The molecule has 2 aromatic heterocycles. The first-order valence-corrected chi connectivity index (χ1v) is 9.50. The molecule has 7 nitrogen and oxygen atoms in total. The Morgan fingerprint density at radius 3 is 2.79 bits per heavy atom. The van der Waals surface area contributed by atoms with E-state index in [4.69, 9.17) is 4.74 Å². The van der Waals surface area contributed by atoms with Crippen LogP contribution in [0.4, 0.5) is 13.2 Å². The molecule has 11 heteroatoms. The summed E-state index contributed by atoms with van der Waals surface area (Å²) in [5, 5.41) is 2.51. The number of nitrogens with zero attached hydrogens (tertiary/aromatic N) is 3. The lowest BCUT2D eigenvalue weighted by atomic mass is 10.2. The zero-order chi connectivity index (χ0) is 21.0. The van der Waals surface area contributed by atoms with E-state index in [-0.39, 0.29) is 28.4 Å². The van der Waals surface area contributed by atoms with Crippen LogP contribution in [0.1, 0.15) is 28.7 Å². The molecule has 0 aliphatic rings. The van der Waals surface area contributed by atoms with Gasteiger partial charge >= 0.3 is 12.1 Å². The molecule has 0 aliphatic heterocycles. The Hall–Kier alpha value is -2.95. The van der Waals surface area contributed by atoms with Crippen LogP contribution in [0.5, 0.6) is 0 Å². The number of thiazole rings is 1. The van der Waals surface area contributed by atoms with Crippen LogP contribution in [0.2, 0.25) is 0 Å². The van der Waals surface area contributed by atoms with E-state index < -0.39 is 29.7 Å². The van der Waals surface area contributed by atoms with Gasteiger partial charge in [0, 0.05) is 12.4 Å². The molecule has 0 spiro atoms. The van der Waals surface area contributed by atoms with Crippen molar-refractivity contribution in [2.75, 3.05) is 6.61 Å². The number of alkyl halides is 3. The van der Waals surface area contributed by atoms with Crippen LogP contribution in [0, 0.1) is 0 Å². The second-order valence-corrected chi connectivity index (χ2v) is 7.18. The van der Waals surface area contributed by atoms with Crippen molar-refractivity contribution in [1.29, 1.82) is 0 Å². The Bertz CT molecular complexity index is 1000. The second kappa shape index (κ2) is 8.60. The Balaban J connectivity index is 1.80. The molecule has 0 aliphatic carbocycles. The molecule has 0 fully saturated rings. The summed E-state index contributed by atoms with van der Waals surface area (Å²) in [6.07, 6.45) is 0.781. The minimum absolute atomic E-state index is 0.0433. The summed E-state index contributed by atoms with van der Waals surface area (Å²) in [5.74, 6) is -1.28. The number of esters is 1. The van der Waals surface area contributed by atoms with Crippen molar-refractivity contribution in [2.45, 2.75) is 32.1 Å². The highest BCUT2D eigenvalue weighted by atomic mass is 32.1. The summed E-state index contributed by atoms with van der Waals surface area (Å²) >= 11 is 0.821. The Morgan fingerprint density at radius 2 is 2.14 bits per heavy atom. The normalized spacial score (nSPS) is 12.7. The van der Waals surface area contributed by atoms with Crippen LogP contribution in [-0.2, 0) is 22.3 Å². The molecular weight excluding hydrogens is 409 g/mol. The van der Waals surface area contributed by atoms with Crippen LogP contribution < -0.4 is 5.32 Å². The minimum atomic E-state index is -4.49. The van der Waals surface area contributed by atoms with Gasteiger partial charge in [0.25, 0.3) is 5.91 Å². The molecule has 0 saturated heterocycles. The molecule has 154 valence electrons. The molecule has 3 aromatic rings. The van der Waals surface area contributed by atoms with Crippen LogP contribution in [0.15, 0.2) is 36.9 Å². The number of carbonyl (C=O) groups is 2. The maximum Gasteiger partial charge on any atom is 0.416 e. The van der Waals surface area contributed by atoms with Crippen molar-refractivity contribution >= 4 is 33.4 Å². The highest BCUT2D eigenvalue weighted by molar-refractivity contribution is 7.20. The van der Waals surface area contributed by atoms with E-state index in [9.17, 15) is 22.8 Å². The zero-order valence-corrected chi connectivity index (χ0v) is 16.1. The van der Waals surface area contributed by atoms with Gasteiger partial charge < -0.3 is 14.6 Å². The highest BCUT2D eigenvalue weighted by Gasteiger charge is 2.31. The molecule has 0 bridgehead atoms. The van der Waals surface area contributed by atoms with E-state index in [2.05, 4.69) is 15.3 Å². The smallest absolute Gasteiger partial charge is 0.416 e. The lowest BCUT2D eigenvalue weighted by Gasteiger charge is -2.17. The van der Waals surface area contributed by atoms with Crippen LogP contribution in [0.25, 0.3) is 10.2 Å². The predicted molar refractivity (Wildman–Crippen MR) is 99.4 cm³/mol. The SMILES string of the molecule is CCCOC(=O)C(Cn1ccnc1)NC(=O)c1nc2ccc(C(F)(F)F)cc2s1. The van der Waals surface area contributed by atoms with Gasteiger partial charge in [-0.2, -0.15) is 13.2 Å². The third-order valence-corrected chi connectivity index (χ3v) is 4.92. The fourth-order valence-electron chi connectivity index (χ4n) is 2.51. The largest absolute Gasteiger partial charge is 0.464 e. The number of benzene rings is 1. The maximum atomic E-state index is 12.9. The van der Waals surface area contributed by atoms with E-state index in [1.807, 2.05) is 6.92 Å². The van der Waals surface area contributed by atoms with Crippen molar-refractivity contribution in [3.63, 3.8) is 0 Å². The zero-order valence-electron chi connectivity index (χ0n) is 15.3. The van der Waals surface area contributed by atoms with E-state index >= 15 is 0 Å². The van der Waals surface area contributed by atoms with Gasteiger partial charge in [0.1, 0.15) is 6.04 Å². The van der Waals surface area contributed by atoms with Gasteiger partial charge in [0.2, 0.25) is 0 Å². The molecule has 1 amide bonds. The lowest BCUT2D eigenvalue weighted by molar-refractivity contribution is -0.146. The Labute approximate surface area is 167 Å². The Kier molecular flexibility index (Phi) is 6.16. The summed E-state index contributed by atoms with van der Waals surface area (Å²) < 4.78 is 45.6. The second-order valence-electron chi connectivity index (χ2n) is 6.15. The van der Waals surface area contributed by atoms with E-state index in [1.165, 1.54) is 18.6 Å².